The summed E-state index contributed by atoms with van der Waals surface area (Å²) in [6, 6.07) is 4.42. The third-order valence-electron chi connectivity index (χ3n) is 6.25. The molecule has 2 aromatic rings. The number of fused-ring (bicyclic) bond motifs is 2. The minimum absolute atomic E-state index is 0.0536. The van der Waals surface area contributed by atoms with Gasteiger partial charge in [0.25, 0.3) is 5.91 Å². The number of β-lactam (4-membered cyclic amide) rings is 1. The topological polar surface area (TPSA) is 130 Å². The average Bonchev–Trinajstić information content (AvgIpc) is 3.56. The van der Waals surface area contributed by atoms with Gasteiger partial charge in [-0.2, -0.15) is 18.4 Å². The van der Waals surface area contributed by atoms with E-state index in [1.807, 2.05) is 19.1 Å². The molecule has 0 radical (unpaired) electrons. The summed E-state index contributed by atoms with van der Waals surface area (Å²) in [6.07, 6.45) is 2.90. The van der Waals surface area contributed by atoms with E-state index in [1.165, 1.54) is 34.0 Å². The number of tetrazole rings is 1. The number of alkyl halides is 3. The normalized spacial score (nSPS) is 21.5. The van der Waals surface area contributed by atoms with Gasteiger partial charge in [-0.15, -0.1) is 22.0 Å². The molecule has 202 valence electrons. The molecule has 5 rings (SSSR count). The highest BCUT2D eigenvalue weighted by Crippen LogP contribution is 2.44. The molecule has 2 unspecified atom stereocenters. The number of rotatable bonds is 8. The van der Waals surface area contributed by atoms with Crippen LogP contribution in [0, 0.1) is 0 Å². The summed E-state index contributed by atoms with van der Waals surface area (Å²) in [4.78, 5) is 40.0. The van der Waals surface area contributed by atoms with Crippen molar-refractivity contribution in [2.75, 3.05) is 11.5 Å². The fraction of sp³-hybridized carbons (Fsp3) is 0.455. The van der Waals surface area contributed by atoms with E-state index in [0.29, 0.717) is 22.2 Å². The molecule has 1 aliphatic carbocycles. The van der Waals surface area contributed by atoms with Gasteiger partial charge in [0.1, 0.15) is 22.9 Å². The molecule has 0 saturated carbocycles. The van der Waals surface area contributed by atoms with Gasteiger partial charge in [0.15, 0.2) is 0 Å². The molecule has 3 heterocycles. The zero-order valence-electron chi connectivity index (χ0n) is 19.8. The third-order valence-corrected chi connectivity index (χ3v) is 9.31. The Balaban J connectivity index is 1.37. The summed E-state index contributed by atoms with van der Waals surface area (Å²) in [5.41, 5.74) is -1.58. The lowest BCUT2D eigenvalue weighted by Crippen LogP contribution is -2.71. The Morgan fingerprint density at radius 2 is 2.11 bits per heavy atom. The molecule has 16 heteroatoms. The highest BCUT2D eigenvalue weighted by atomic mass is 32.2. The molecule has 0 bridgehead atoms. The number of hydrogen-bond acceptors (Lipinski definition) is 10. The summed E-state index contributed by atoms with van der Waals surface area (Å²) >= 11 is 2.06. The van der Waals surface area contributed by atoms with Crippen LogP contribution in [0.25, 0.3) is 0 Å². The number of aromatic nitrogens is 4. The van der Waals surface area contributed by atoms with Gasteiger partial charge in [-0.1, -0.05) is 17.8 Å². The Hall–Kier alpha value is -2.72. The van der Waals surface area contributed by atoms with E-state index in [-0.39, 0.29) is 10.9 Å². The number of nitrogens with zero attached hydrogens (tertiary/aromatic N) is 4. The number of carbonyl (C=O) groups is 3. The van der Waals surface area contributed by atoms with Crippen LogP contribution in [-0.4, -0.2) is 77.0 Å². The van der Waals surface area contributed by atoms with Crippen molar-refractivity contribution in [2.24, 2.45) is 0 Å². The van der Waals surface area contributed by atoms with Crippen molar-refractivity contribution in [3.63, 3.8) is 0 Å². The molecule has 0 spiro atoms. The van der Waals surface area contributed by atoms with Crippen LogP contribution < -0.4 is 10.1 Å². The van der Waals surface area contributed by atoms with E-state index in [4.69, 9.17) is 4.74 Å². The van der Waals surface area contributed by atoms with Crippen molar-refractivity contribution in [3.05, 3.63) is 40.6 Å². The number of esters is 1. The molecule has 1 aromatic carbocycles. The van der Waals surface area contributed by atoms with Crippen molar-refractivity contribution < 1.29 is 32.3 Å². The van der Waals surface area contributed by atoms with Gasteiger partial charge >= 0.3 is 11.5 Å². The average molecular weight is 587 g/mol. The number of amides is 2. The maximum atomic E-state index is 13.5. The van der Waals surface area contributed by atoms with Gasteiger partial charge in [0, 0.05) is 11.0 Å². The highest BCUT2D eigenvalue weighted by Gasteiger charge is 2.55. The number of thioether (sulfide) groups is 3. The summed E-state index contributed by atoms with van der Waals surface area (Å²) < 4.78 is 43.1. The van der Waals surface area contributed by atoms with Crippen molar-refractivity contribution in [3.8, 4) is 5.75 Å². The molecule has 3 atom stereocenters. The second kappa shape index (κ2) is 10.8. The number of hydrogen-bond donors (Lipinski definition) is 2. The Labute approximate surface area is 227 Å². The minimum atomic E-state index is -4.56. The van der Waals surface area contributed by atoms with Crippen molar-refractivity contribution >= 4 is 53.1 Å². The monoisotopic (exact) mass is 586 g/mol. The van der Waals surface area contributed by atoms with Crippen LogP contribution in [0.4, 0.5) is 13.2 Å². The molecular weight excluding hydrogens is 565 g/mol. The summed E-state index contributed by atoms with van der Waals surface area (Å²) in [7, 11) is 0. The quantitative estimate of drug-likeness (QED) is 0.206. The number of aromatic amines is 1. The van der Waals surface area contributed by atoms with E-state index in [1.54, 1.807) is 6.07 Å². The van der Waals surface area contributed by atoms with Gasteiger partial charge in [0.2, 0.25) is 11.1 Å². The number of aryl methyl sites for hydroxylation is 2. The summed E-state index contributed by atoms with van der Waals surface area (Å²) in [5, 5.41) is 15.5. The lowest BCUT2D eigenvalue weighted by atomic mass is 10.0. The van der Waals surface area contributed by atoms with E-state index in [9.17, 15) is 27.6 Å². The Morgan fingerprint density at radius 3 is 2.84 bits per heavy atom. The number of H-pyrrole nitrogens is 1. The molecule has 1 saturated heterocycles. The van der Waals surface area contributed by atoms with Gasteiger partial charge in [-0.25, -0.2) is 4.79 Å². The zero-order chi connectivity index (χ0) is 27.0. The first-order valence-corrected chi connectivity index (χ1v) is 14.4. The number of nitrogens with one attached hydrogen (secondary N) is 2. The molecule has 2 amide bonds. The Bertz CT molecular complexity index is 1290. The number of halogens is 3. The van der Waals surface area contributed by atoms with Crippen LogP contribution in [0.1, 0.15) is 24.5 Å². The second-order valence-electron chi connectivity index (χ2n) is 8.69. The molecular formula is C22H21F3N6O4S3. The number of benzene rings is 1. The van der Waals surface area contributed by atoms with Crippen LogP contribution in [0.5, 0.6) is 5.75 Å². The largest absolute Gasteiger partial charge is 0.442 e. The van der Waals surface area contributed by atoms with E-state index in [2.05, 4.69) is 25.9 Å². The second-order valence-corrected chi connectivity index (χ2v) is 12.1. The van der Waals surface area contributed by atoms with E-state index in [0.717, 1.165) is 24.8 Å². The standard InChI is InChI=1S/C22H21F3N6O4S3/c1-10(38-21-27-29-30-28-21)14-8-36-19-16(26-15(32)9-37-22(23,24)25)18(33)31(19)17(14)20(34)35-13-6-5-11-3-2-4-12(11)7-13/h5-7,10,16,19H,2-4,8-9H2,1H3,(H,26,32)(H,27,28,29,30)/t10?,16?,19-/m0/s1. The predicted octanol–water partition coefficient (Wildman–Crippen LogP) is 2.68. The molecule has 3 aliphatic rings. The number of ether oxygens (including phenoxy) is 1. The molecule has 2 N–H and O–H groups in total. The van der Waals surface area contributed by atoms with E-state index < -0.39 is 52.2 Å². The summed E-state index contributed by atoms with van der Waals surface area (Å²) in [5.74, 6) is -2.42. The lowest BCUT2D eigenvalue weighted by molar-refractivity contribution is -0.149. The maximum Gasteiger partial charge on any atom is 0.442 e. The van der Waals surface area contributed by atoms with Crippen LogP contribution in [0.15, 0.2) is 34.6 Å². The Kier molecular flexibility index (Phi) is 7.64. The van der Waals surface area contributed by atoms with Gasteiger partial charge < -0.3 is 10.1 Å². The summed E-state index contributed by atoms with van der Waals surface area (Å²) in [6.45, 7) is 1.83. The highest BCUT2D eigenvalue weighted by molar-refractivity contribution is 8.01. The SMILES string of the molecule is CC(Sc1nn[nH]n1)C1=C(C(=O)Oc2ccc3c(c2)CCC3)N2C(=O)C(NC(=O)CSC(F)(F)F)[C@@H]2SC1. The fourth-order valence-electron chi connectivity index (χ4n) is 4.50. The van der Waals surface area contributed by atoms with Crippen LogP contribution in [0.3, 0.4) is 0 Å². The smallest absolute Gasteiger partial charge is 0.422 e. The van der Waals surface area contributed by atoms with Gasteiger partial charge in [-0.05, 0) is 72.0 Å². The maximum absolute atomic E-state index is 13.5. The van der Waals surface area contributed by atoms with Crippen molar-refractivity contribution in [1.82, 2.24) is 30.8 Å². The predicted molar refractivity (Wildman–Crippen MR) is 134 cm³/mol. The first kappa shape index (κ1) is 26.9. The van der Waals surface area contributed by atoms with Crippen LogP contribution >= 0.6 is 35.3 Å². The molecule has 1 fully saturated rings. The van der Waals surface area contributed by atoms with Crippen LogP contribution in [-0.2, 0) is 27.2 Å². The minimum Gasteiger partial charge on any atom is -0.422 e. The molecule has 38 heavy (non-hydrogen) atoms. The third kappa shape index (κ3) is 5.66. The van der Waals surface area contributed by atoms with Gasteiger partial charge in [0.05, 0.1) is 5.75 Å². The first-order chi connectivity index (χ1) is 18.1. The fourth-order valence-corrected chi connectivity index (χ4v) is 7.30. The van der Waals surface area contributed by atoms with Gasteiger partial charge in [-0.3, -0.25) is 14.5 Å². The molecule has 2 aliphatic heterocycles. The van der Waals surface area contributed by atoms with Crippen molar-refractivity contribution in [2.45, 2.75) is 53.5 Å². The molecule has 1 aromatic heterocycles. The van der Waals surface area contributed by atoms with E-state index >= 15 is 0 Å². The Morgan fingerprint density at radius 1 is 1.32 bits per heavy atom. The first-order valence-electron chi connectivity index (χ1n) is 11.5. The zero-order valence-corrected chi connectivity index (χ0v) is 22.2. The van der Waals surface area contributed by atoms with Crippen LogP contribution in [0.2, 0.25) is 0 Å². The lowest BCUT2D eigenvalue weighted by Gasteiger charge is -2.50. The number of carbonyl (C=O) groups excluding carboxylic acids is 3. The molecule has 10 nitrogen and oxygen atoms in total. The van der Waals surface area contributed by atoms with Crippen molar-refractivity contribution in [1.29, 1.82) is 0 Å².